The Labute approximate surface area is 294 Å². The van der Waals surface area contributed by atoms with Gasteiger partial charge in [0.15, 0.2) is 0 Å². The largest absolute Gasteiger partial charge is 0.391 e. The number of nitrogens with zero attached hydrogens (tertiary/aromatic N) is 6. The Morgan fingerprint density at radius 1 is 0.640 bits per heavy atom. The van der Waals surface area contributed by atoms with E-state index < -0.39 is 42.8 Å². The number of benzene rings is 2. The van der Waals surface area contributed by atoms with E-state index in [9.17, 15) is 27.0 Å². The Bertz CT molecular complexity index is 1930. The molecule has 4 aromatic rings. The molecule has 0 aliphatic carbocycles. The Morgan fingerprint density at radius 2 is 1.02 bits per heavy atom. The van der Waals surface area contributed by atoms with Gasteiger partial charge in [-0.05, 0) is 51.7 Å². The first kappa shape index (κ1) is 35.0. The summed E-state index contributed by atoms with van der Waals surface area (Å²) in [4.78, 5) is 8.53. The molecule has 8 rings (SSSR count). The van der Waals surface area contributed by atoms with Crippen LogP contribution in [-0.4, -0.2) is 104 Å². The van der Waals surface area contributed by atoms with Gasteiger partial charge in [0, 0.05) is 49.1 Å². The summed E-state index contributed by atoms with van der Waals surface area (Å²) in [6.45, 7) is 7.94. The van der Waals surface area contributed by atoms with Crippen molar-refractivity contribution < 1.29 is 27.0 Å². The van der Waals surface area contributed by atoms with Crippen LogP contribution in [0.1, 0.15) is 63.7 Å². The lowest BCUT2D eigenvalue weighted by molar-refractivity contribution is 0.0340. The number of β-amino-alcohol motifs (C(OH)–C–C–N with tert-alkyl or cyclic N) is 2. The number of sulfonamides is 2. The zero-order valence-corrected chi connectivity index (χ0v) is 30.4. The summed E-state index contributed by atoms with van der Waals surface area (Å²) in [5.41, 5.74) is 6.78. The molecule has 0 bridgehead atoms. The highest BCUT2D eigenvalue weighted by atomic mass is 32.2. The molecule has 2 saturated heterocycles. The van der Waals surface area contributed by atoms with Gasteiger partial charge < -0.3 is 19.3 Å². The second-order valence-electron chi connectivity index (χ2n) is 14.4. The van der Waals surface area contributed by atoms with E-state index in [1.807, 2.05) is 49.3 Å². The van der Waals surface area contributed by atoms with E-state index in [0.717, 1.165) is 22.5 Å². The third kappa shape index (κ3) is 5.83. The molecule has 4 aliphatic heterocycles. The fraction of sp³-hybridized carbons (Fsp3) is 0.500. The van der Waals surface area contributed by atoms with Crippen LogP contribution < -0.4 is 0 Å². The van der Waals surface area contributed by atoms with Gasteiger partial charge in [-0.2, -0.15) is 8.61 Å². The quantitative estimate of drug-likeness (QED) is 0.306. The monoisotopic (exact) mass is 722 g/mol. The molecular weight excluding hydrogens is 677 g/mol. The maximum absolute atomic E-state index is 12.4. The standard InChI is InChI=1S/2C18H23N3O3S/c2*1-12(2)25(23,24)20-8-7-15(17(22)10-20)18-14-6-4-3-5-13(14)16-9-19-11-21(16)18/h2*3-6,9,11-12,15,17-18,22H,7-8,10H2,1-2H3/t2*15-,17-,18+/m10/s1. The molecule has 0 amide bonds. The van der Waals surface area contributed by atoms with Crippen molar-refractivity contribution in [2.45, 2.75) is 75.3 Å². The number of piperidine rings is 2. The number of aromatic nitrogens is 4. The van der Waals surface area contributed by atoms with Crippen LogP contribution in [-0.2, 0) is 20.0 Å². The van der Waals surface area contributed by atoms with Crippen molar-refractivity contribution in [2.75, 3.05) is 26.2 Å². The first-order valence-corrected chi connectivity index (χ1v) is 20.4. The lowest BCUT2D eigenvalue weighted by Gasteiger charge is -2.39. The smallest absolute Gasteiger partial charge is 0.216 e. The van der Waals surface area contributed by atoms with Crippen molar-refractivity contribution in [1.82, 2.24) is 27.7 Å². The number of hydrogen-bond donors (Lipinski definition) is 2. The Kier molecular flexibility index (Phi) is 9.31. The molecule has 6 atom stereocenters. The van der Waals surface area contributed by atoms with Crippen LogP contribution in [0.15, 0.2) is 73.6 Å². The minimum atomic E-state index is -3.34. The molecule has 2 N–H and O–H groups in total. The highest BCUT2D eigenvalue weighted by Gasteiger charge is 2.44. The lowest BCUT2D eigenvalue weighted by atomic mass is 9.84. The molecule has 2 aromatic carbocycles. The van der Waals surface area contributed by atoms with Gasteiger partial charge in [0.2, 0.25) is 20.0 Å². The summed E-state index contributed by atoms with van der Waals surface area (Å²) in [6.07, 6.45) is 7.18. The molecule has 6 heterocycles. The van der Waals surface area contributed by atoms with E-state index in [1.54, 1.807) is 27.7 Å². The normalized spacial score (nSPS) is 26.6. The third-order valence-electron chi connectivity index (χ3n) is 11.0. The van der Waals surface area contributed by atoms with Crippen molar-refractivity contribution in [3.05, 3.63) is 84.7 Å². The molecule has 268 valence electrons. The van der Waals surface area contributed by atoms with E-state index in [1.165, 1.54) is 19.7 Å². The topological polar surface area (TPSA) is 151 Å². The third-order valence-corrected chi connectivity index (χ3v) is 15.4. The summed E-state index contributed by atoms with van der Waals surface area (Å²) < 4.78 is 56.8. The number of fused-ring (bicyclic) bond motifs is 6. The Balaban J connectivity index is 0.000000157. The average Bonchev–Trinajstić information content (AvgIpc) is 3.87. The number of hydrogen-bond acceptors (Lipinski definition) is 8. The maximum atomic E-state index is 12.4. The van der Waals surface area contributed by atoms with Gasteiger partial charge in [0.05, 0.1) is 71.2 Å². The van der Waals surface area contributed by atoms with Gasteiger partial charge in [0.25, 0.3) is 0 Å². The van der Waals surface area contributed by atoms with Crippen LogP contribution in [0, 0.1) is 11.8 Å². The van der Waals surface area contributed by atoms with Gasteiger partial charge >= 0.3 is 0 Å². The number of rotatable bonds is 6. The predicted molar refractivity (Wildman–Crippen MR) is 191 cm³/mol. The molecule has 0 saturated carbocycles. The van der Waals surface area contributed by atoms with E-state index in [0.29, 0.717) is 25.9 Å². The van der Waals surface area contributed by atoms with Gasteiger partial charge in [0.1, 0.15) is 0 Å². The molecular formula is C36H46N6O6S2. The fourth-order valence-electron chi connectivity index (χ4n) is 8.26. The first-order chi connectivity index (χ1) is 23.8. The zero-order valence-electron chi connectivity index (χ0n) is 28.8. The number of aliphatic hydroxyl groups excluding tert-OH is 2. The van der Waals surface area contributed by atoms with Crippen molar-refractivity contribution >= 4 is 20.0 Å². The Hall–Kier alpha value is -3.40. The molecule has 50 heavy (non-hydrogen) atoms. The minimum absolute atomic E-state index is 0.00704. The van der Waals surface area contributed by atoms with Gasteiger partial charge in [-0.15, -0.1) is 0 Å². The summed E-state index contributed by atoms with van der Waals surface area (Å²) in [6, 6.07) is 16.4. The van der Waals surface area contributed by atoms with Crippen molar-refractivity contribution in [2.24, 2.45) is 11.8 Å². The summed E-state index contributed by atoms with van der Waals surface area (Å²) in [5, 5.41) is 20.6. The predicted octanol–water partition coefficient (Wildman–Crippen LogP) is 3.75. The molecule has 0 radical (unpaired) electrons. The van der Waals surface area contributed by atoms with E-state index in [-0.39, 0.29) is 37.0 Å². The van der Waals surface area contributed by atoms with E-state index >= 15 is 0 Å². The second kappa shape index (κ2) is 13.3. The van der Waals surface area contributed by atoms with Gasteiger partial charge in [-0.25, -0.2) is 26.8 Å². The highest BCUT2D eigenvalue weighted by molar-refractivity contribution is 7.90. The van der Waals surface area contributed by atoms with E-state index in [4.69, 9.17) is 0 Å². The fourth-order valence-corrected chi connectivity index (χ4v) is 10.9. The van der Waals surface area contributed by atoms with Crippen molar-refractivity contribution in [1.29, 1.82) is 0 Å². The summed E-state index contributed by atoms with van der Waals surface area (Å²) >= 11 is 0. The van der Waals surface area contributed by atoms with Crippen LogP contribution >= 0.6 is 0 Å². The lowest BCUT2D eigenvalue weighted by Crippen LogP contribution is -2.50. The van der Waals surface area contributed by atoms with Crippen LogP contribution in [0.3, 0.4) is 0 Å². The number of aliphatic hydroxyl groups is 2. The molecule has 14 heteroatoms. The Morgan fingerprint density at radius 3 is 1.38 bits per heavy atom. The molecule has 2 fully saturated rings. The highest BCUT2D eigenvalue weighted by Crippen LogP contribution is 2.47. The van der Waals surface area contributed by atoms with Crippen LogP contribution in [0.2, 0.25) is 0 Å². The molecule has 2 aromatic heterocycles. The van der Waals surface area contributed by atoms with E-state index in [2.05, 4.69) is 43.4 Å². The minimum Gasteiger partial charge on any atom is -0.391 e. The maximum Gasteiger partial charge on any atom is 0.216 e. The second-order valence-corrected chi connectivity index (χ2v) is 19.4. The van der Waals surface area contributed by atoms with Crippen LogP contribution in [0.25, 0.3) is 22.5 Å². The molecule has 0 unspecified atom stereocenters. The average molecular weight is 723 g/mol. The van der Waals surface area contributed by atoms with Gasteiger partial charge in [-0.3, -0.25) is 0 Å². The SMILES string of the molecule is CC(C)S(=O)(=O)N1CC[C@@H]([C@@H]2c3ccccc3-c3cncn32)[C@H](O)C1.CC(C)S(=O)(=O)N1CC[C@H]([C@H]2c3ccccc3-c3cncn32)[C@@H](O)C1. The number of imidazole rings is 2. The van der Waals surface area contributed by atoms with Crippen LogP contribution in [0.5, 0.6) is 0 Å². The molecule has 0 spiro atoms. The zero-order chi connectivity index (χ0) is 35.5. The summed E-state index contributed by atoms with van der Waals surface area (Å²) in [5.74, 6) is -0.0644. The van der Waals surface area contributed by atoms with Crippen molar-refractivity contribution in [3.63, 3.8) is 0 Å². The molecule has 4 aliphatic rings. The van der Waals surface area contributed by atoms with Crippen molar-refractivity contribution in [3.8, 4) is 22.5 Å². The first-order valence-electron chi connectivity index (χ1n) is 17.4. The van der Waals surface area contributed by atoms with Gasteiger partial charge in [-0.1, -0.05) is 48.5 Å². The summed E-state index contributed by atoms with van der Waals surface area (Å²) in [7, 11) is -6.67. The van der Waals surface area contributed by atoms with Crippen LogP contribution in [0.4, 0.5) is 0 Å². The molecule has 12 nitrogen and oxygen atoms in total.